The minimum absolute atomic E-state index is 0.0495. The second kappa shape index (κ2) is 4.39. The predicted molar refractivity (Wildman–Crippen MR) is 49.0 cm³/mol. The molecule has 0 radical (unpaired) electrons. The van der Waals surface area contributed by atoms with Gasteiger partial charge in [0.05, 0.1) is 0 Å². The Morgan fingerprint density at radius 3 is 1.92 bits per heavy atom. The Labute approximate surface area is 74.3 Å². The molecule has 0 bridgehead atoms. The molecule has 0 N–H and O–H groups in total. The quantitative estimate of drug-likeness (QED) is 0.649. The molecule has 0 fully saturated rings. The molecule has 0 saturated carbocycles. The highest BCUT2D eigenvalue weighted by Gasteiger charge is 2.15. The van der Waals surface area contributed by atoms with Crippen molar-refractivity contribution >= 4 is 11.6 Å². The minimum Gasteiger partial charge on any atom is -0.300 e. The Balaban J connectivity index is 3.68. The number of hydrogen-bond donors (Lipinski definition) is 0. The van der Waals surface area contributed by atoms with Crippen molar-refractivity contribution in [3.63, 3.8) is 0 Å². The lowest BCUT2D eigenvalue weighted by Gasteiger charge is -2.16. The van der Waals surface area contributed by atoms with Crippen molar-refractivity contribution in [3.8, 4) is 0 Å². The van der Waals surface area contributed by atoms with Gasteiger partial charge in [0, 0.05) is 19.3 Å². The van der Waals surface area contributed by atoms with Gasteiger partial charge in [-0.25, -0.2) is 0 Å². The molecule has 0 aromatic carbocycles. The van der Waals surface area contributed by atoms with Crippen LogP contribution in [0.1, 0.15) is 47.0 Å². The third kappa shape index (κ3) is 7.45. The highest BCUT2D eigenvalue weighted by atomic mass is 16.1. The molecule has 0 saturated heterocycles. The maximum Gasteiger partial charge on any atom is 0.133 e. The molecule has 2 heteroatoms. The molecule has 0 atom stereocenters. The summed E-state index contributed by atoms with van der Waals surface area (Å²) in [5, 5.41) is 0. The van der Waals surface area contributed by atoms with Crippen LogP contribution in [0.4, 0.5) is 0 Å². The molecule has 70 valence electrons. The average Bonchev–Trinajstić information content (AvgIpc) is 1.79. The Bertz CT molecular complexity index is 175. The number of rotatable bonds is 4. The van der Waals surface area contributed by atoms with Crippen LogP contribution in [0.25, 0.3) is 0 Å². The molecule has 0 aromatic rings. The summed E-state index contributed by atoms with van der Waals surface area (Å²) in [6.45, 7) is 7.60. The van der Waals surface area contributed by atoms with Crippen LogP contribution in [0.3, 0.4) is 0 Å². The van der Waals surface area contributed by atoms with Crippen molar-refractivity contribution < 1.29 is 9.59 Å². The number of hydrogen-bond acceptors (Lipinski definition) is 2. The molecule has 2 nitrogen and oxygen atoms in total. The monoisotopic (exact) mass is 170 g/mol. The van der Waals surface area contributed by atoms with E-state index in [0.717, 1.165) is 0 Å². The van der Waals surface area contributed by atoms with Gasteiger partial charge in [-0.15, -0.1) is 0 Å². The van der Waals surface area contributed by atoms with Gasteiger partial charge in [0.1, 0.15) is 11.6 Å². The minimum atomic E-state index is 0.0495. The maximum atomic E-state index is 11.2. The van der Waals surface area contributed by atoms with E-state index in [1.54, 1.807) is 0 Å². The topological polar surface area (TPSA) is 34.1 Å². The standard InChI is InChI=1S/C10H18O2/c1-8(11)5-6-9(12)7-10(2,3)4/h5-7H2,1-4H3. The summed E-state index contributed by atoms with van der Waals surface area (Å²) in [5.41, 5.74) is 0.0495. The largest absolute Gasteiger partial charge is 0.300 e. The number of Topliss-reactive ketones (excluding diaryl/α,β-unsaturated/α-hetero) is 2. The molecule has 0 heterocycles. The summed E-state index contributed by atoms with van der Waals surface area (Å²) in [5.74, 6) is 0.287. The normalized spacial score (nSPS) is 11.3. The molecule has 0 aromatic heterocycles. The summed E-state index contributed by atoms with van der Waals surface area (Å²) in [7, 11) is 0. The SMILES string of the molecule is CC(=O)CCC(=O)CC(C)(C)C. The summed E-state index contributed by atoms with van der Waals surface area (Å²) in [6, 6.07) is 0. The molecule has 0 amide bonds. The van der Waals surface area contributed by atoms with E-state index in [0.29, 0.717) is 19.3 Å². The van der Waals surface area contributed by atoms with Crippen molar-refractivity contribution in [2.45, 2.75) is 47.0 Å². The zero-order valence-electron chi connectivity index (χ0n) is 8.44. The van der Waals surface area contributed by atoms with Crippen molar-refractivity contribution in [1.82, 2.24) is 0 Å². The Morgan fingerprint density at radius 1 is 1.08 bits per heavy atom. The number of ketones is 2. The zero-order chi connectivity index (χ0) is 9.78. The highest BCUT2D eigenvalue weighted by molar-refractivity contribution is 5.85. The van der Waals surface area contributed by atoms with E-state index in [-0.39, 0.29) is 17.0 Å². The maximum absolute atomic E-state index is 11.2. The van der Waals surface area contributed by atoms with Gasteiger partial charge in [0.2, 0.25) is 0 Å². The molecule has 0 aliphatic heterocycles. The lowest BCUT2D eigenvalue weighted by molar-refractivity contribution is -0.124. The summed E-state index contributed by atoms with van der Waals surface area (Å²) < 4.78 is 0. The van der Waals surface area contributed by atoms with Crippen molar-refractivity contribution in [2.24, 2.45) is 5.41 Å². The van der Waals surface area contributed by atoms with Crippen LogP contribution < -0.4 is 0 Å². The first kappa shape index (κ1) is 11.3. The fraction of sp³-hybridized carbons (Fsp3) is 0.800. The molecule has 0 rings (SSSR count). The van der Waals surface area contributed by atoms with Gasteiger partial charge < -0.3 is 4.79 Å². The first-order valence-corrected chi connectivity index (χ1v) is 4.32. The summed E-state index contributed by atoms with van der Waals surface area (Å²) in [4.78, 5) is 21.8. The fourth-order valence-electron chi connectivity index (χ4n) is 0.995. The Kier molecular flexibility index (Phi) is 4.15. The average molecular weight is 170 g/mol. The lowest BCUT2D eigenvalue weighted by Crippen LogP contribution is -2.13. The smallest absolute Gasteiger partial charge is 0.133 e. The molecule has 0 unspecified atom stereocenters. The van der Waals surface area contributed by atoms with Crippen molar-refractivity contribution in [1.29, 1.82) is 0 Å². The van der Waals surface area contributed by atoms with Gasteiger partial charge in [-0.3, -0.25) is 4.79 Å². The van der Waals surface area contributed by atoms with Gasteiger partial charge in [-0.2, -0.15) is 0 Å². The van der Waals surface area contributed by atoms with Crippen LogP contribution in [0.5, 0.6) is 0 Å². The van der Waals surface area contributed by atoms with Gasteiger partial charge >= 0.3 is 0 Å². The molecule has 0 spiro atoms. The first-order valence-electron chi connectivity index (χ1n) is 4.32. The van der Waals surface area contributed by atoms with Crippen LogP contribution >= 0.6 is 0 Å². The van der Waals surface area contributed by atoms with Crippen molar-refractivity contribution in [2.75, 3.05) is 0 Å². The van der Waals surface area contributed by atoms with E-state index in [2.05, 4.69) is 0 Å². The van der Waals surface area contributed by atoms with E-state index in [9.17, 15) is 9.59 Å². The molecule has 0 aliphatic carbocycles. The van der Waals surface area contributed by atoms with Crippen molar-refractivity contribution in [3.05, 3.63) is 0 Å². The van der Waals surface area contributed by atoms with E-state index >= 15 is 0 Å². The van der Waals surface area contributed by atoms with E-state index in [4.69, 9.17) is 0 Å². The Hall–Kier alpha value is -0.660. The second-order valence-corrected chi connectivity index (χ2v) is 4.48. The third-order valence-electron chi connectivity index (χ3n) is 1.48. The van der Waals surface area contributed by atoms with Gasteiger partial charge in [0.25, 0.3) is 0 Å². The molecular formula is C10H18O2. The molecular weight excluding hydrogens is 152 g/mol. The lowest BCUT2D eigenvalue weighted by atomic mass is 9.88. The fourth-order valence-corrected chi connectivity index (χ4v) is 0.995. The number of carbonyl (C=O) groups excluding carboxylic acids is 2. The second-order valence-electron chi connectivity index (χ2n) is 4.48. The predicted octanol–water partition coefficient (Wildman–Crippen LogP) is 2.36. The molecule has 12 heavy (non-hydrogen) atoms. The van der Waals surface area contributed by atoms with Crippen LogP contribution in [-0.4, -0.2) is 11.6 Å². The van der Waals surface area contributed by atoms with Crippen LogP contribution in [0.2, 0.25) is 0 Å². The van der Waals surface area contributed by atoms with Crippen LogP contribution in [0, 0.1) is 5.41 Å². The highest BCUT2D eigenvalue weighted by Crippen LogP contribution is 2.19. The summed E-state index contributed by atoms with van der Waals surface area (Å²) in [6.07, 6.45) is 1.38. The van der Waals surface area contributed by atoms with E-state index in [1.807, 2.05) is 20.8 Å². The summed E-state index contributed by atoms with van der Waals surface area (Å²) >= 11 is 0. The van der Waals surface area contributed by atoms with Gasteiger partial charge in [0.15, 0.2) is 0 Å². The van der Waals surface area contributed by atoms with Crippen LogP contribution in [0.15, 0.2) is 0 Å². The van der Waals surface area contributed by atoms with E-state index in [1.165, 1.54) is 6.92 Å². The first-order chi connectivity index (χ1) is 5.31. The molecule has 0 aliphatic rings. The van der Waals surface area contributed by atoms with Gasteiger partial charge in [-0.1, -0.05) is 20.8 Å². The van der Waals surface area contributed by atoms with Gasteiger partial charge in [-0.05, 0) is 12.3 Å². The van der Waals surface area contributed by atoms with Crippen LogP contribution in [-0.2, 0) is 9.59 Å². The number of carbonyl (C=O) groups is 2. The third-order valence-corrected chi connectivity index (χ3v) is 1.48. The Morgan fingerprint density at radius 2 is 1.58 bits per heavy atom. The zero-order valence-corrected chi connectivity index (χ0v) is 8.44. The van der Waals surface area contributed by atoms with E-state index < -0.39 is 0 Å².